The number of ether oxygens (including phenoxy) is 1. The molecule has 0 saturated heterocycles. The summed E-state index contributed by atoms with van der Waals surface area (Å²) < 4.78 is 5.23. The molecule has 1 amide bonds. The first kappa shape index (κ1) is 14.4. The molecule has 3 N–H and O–H groups in total. The number of nitrogens with one attached hydrogen (secondary N) is 1. The third kappa shape index (κ3) is 9.69. The molecule has 15 heavy (non-hydrogen) atoms. The largest absolute Gasteiger partial charge is 0.381 e. The van der Waals surface area contributed by atoms with Crippen LogP contribution in [0.1, 0.15) is 33.1 Å². The van der Waals surface area contributed by atoms with E-state index in [2.05, 4.69) is 19.2 Å². The van der Waals surface area contributed by atoms with Gasteiger partial charge < -0.3 is 15.8 Å². The molecule has 0 fully saturated rings. The predicted octanol–water partition coefficient (Wildman–Crippen LogP) is 0.904. The van der Waals surface area contributed by atoms with Crippen molar-refractivity contribution in [2.45, 2.75) is 33.1 Å². The van der Waals surface area contributed by atoms with E-state index in [-0.39, 0.29) is 5.91 Å². The third-order valence-electron chi connectivity index (χ3n) is 2.13. The highest BCUT2D eigenvalue weighted by Crippen LogP contribution is 1.97. The van der Waals surface area contributed by atoms with Gasteiger partial charge in [-0.15, -0.1) is 0 Å². The first-order valence-electron chi connectivity index (χ1n) is 5.75. The van der Waals surface area contributed by atoms with E-state index >= 15 is 0 Å². The van der Waals surface area contributed by atoms with Crippen molar-refractivity contribution in [3.8, 4) is 0 Å². The molecule has 0 rings (SSSR count). The zero-order valence-electron chi connectivity index (χ0n) is 9.92. The Kier molecular flexibility index (Phi) is 9.52. The van der Waals surface area contributed by atoms with Crippen LogP contribution in [0.4, 0.5) is 0 Å². The van der Waals surface area contributed by atoms with Crippen LogP contribution >= 0.6 is 0 Å². The van der Waals surface area contributed by atoms with Gasteiger partial charge in [-0.3, -0.25) is 4.79 Å². The summed E-state index contributed by atoms with van der Waals surface area (Å²) in [6.45, 7) is 6.78. The summed E-state index contributed by atoms with van der Waals surface area (Å²) in [5, 5.41) is 2.87. The van der Waals surface area contributed by atoms with Crippen LogP contribution in [0.5, 0.6) is 0 Å². The molecule has 0 aromatic carbocycles. The van der Waals surface area contributed by atoms with Gasteiger partial charge in [0.15, 0.2) is 0 Å². The number of amides is 1. The van der Waals surface area contributed by atoms with Crippen molar-refractivity contribution in [3.05, 3.63) is 0 Å². The zero-order valence-corrected chi connectivity index (χ0v) is 9.92. The molecule has 0 saturated carbocycles. The second-order valence-corrected chi connectivity index (χ2v) is 3.85. The minimum Gasteiger partial charge on any atom is -0.381 e. The fourth-order valence-corrected chi connectivity index (χ4v) is 1.17. The van der Waals surface area contributed by atoms with Gasteiger partial charge in [0.1, 0.15) is 0 Å². The van der Waals surface area contributed by atoms with Gasteiger partial charge in [-0.2, -0.15) is 0 Å². The topological polar surface area (TPSA) is 64.3 Å². The van der Waals surface area contributed by atoms with Crippen molar-refractivity contribution in [2.24, 2.45) is 11.7 Å². The first-order valence-corrected chi connectivity index (χ1v) is 5.75. The smallest absolute Gasteiger partial charge is 0.222 e. The lowest BCUT2D eigenvalue weighted by Gasteiger charge is -2.11. The highest BCUT2D eigenvalue weighted by atomic mass is 16.5. The standard InChI is InChI=1S/C11H24N2O2/c1-3-7-15-8-5-11(14)13-9-10(2)4-6-12/h10H,3-9,12H2,1-2H3,(H,13,14). The molecule has 0 radical (unpaired) electrons. The average molecular weight is 216 g/mol. The first-order chi connectivity index (χ1) is 7.20. The van der Waals surface area contributed by atoms with E-state index in [4.69, 9.17) is 10.5 Å². The van der Waals surface area contributed by atoms with E-state index in [1.54, 1.807) is 0 Å². The quantitative estimate of drug-likeness (QED) is 0.563. The lowest BCUT2D eigenvalue weighted by Crippen LogP contribution is -2.29. The summed E-state index contributed by atoms with van der Waals surface area (Å²) in [5.74, 6) is 0.519. The summed E-state index contributed by atoms with van der Waals surface area (Å²) in [5.41, 5.74) is 5.42. The molecule has 90 valence electrons. The lowest BCUT2D eigenvalue weighted by molar-refractivity contribution is -0.122. The predicted molar refractivity (Wildman–Crippen MR) is 61.6 cm³/mol. The summed E-state index contributed by atoms with van der Waals surface area (Å²) in [6.07, 6.45) is 2.40. The summed E-state index contributed by atoms with van der Waals surface area (Å²) in [4.78, 5) is 11.3. The minimum atomic E-state index is 0.0648. The molecule has 0 aliphatic carbocycles. The highest BCUT2D eigenvalue weighted by Gasteiger charge is 2.04. The number of hydrogen-bond acceptors (Lipinski definition) is 3. The fraction of sp³-hybridized carbons (Fsp3) is 0.909. The van der Waals surface area contributed by atoms with Crippen LogP contribution < -0.4 is 11.1 Å². The molecule has 1 atom stereocenters. The Hall–Kier alpha value is -0.610. The molecule has 4 nitrogen and oxygen atoms in total. The molecule has 0 bridgehead atoms. The summed E-state index contributed by atoms with van der Waals surface area (Å²) >= 11 is 0. The molecule has 0 aromatic rings. The van der Waals surface area contributed by atoms with Crippen molar-refractivity contribution in [1.29, 1.82) is 0 Å². The van der Waals surface area contributed by atoms with Crippen LogP contribution in [0, 0.1) is 5.92 Å². The van der Waals surface area contributed by atoms with Crippen molar-refractivity contribution < 1.29 is 9.53 Å². The Morgan fingerprint density at radius 1 is 1.47 bits per heavy atom. The minimum absolute atomic E-state index is 0.0648. The van der Waals surface area contributed by atoms with Gasteiger partial charge in [0, 0.05) is 19.6 Å². The molecular weight excluding hydrogens is 192 g/mol. The zero-order chi connectivity index (χ0) is 11.5. The molecule has 0 aromatic heterocycles. The van der Waals surface area contributed by atoms with E-state index in [1.165, 1.54) is 0 Å². The molecule has 0 aliphatic rings. The molecule has 0 heterocycles. The second kappa shape index (κ2) is 9.93. The SMILES string of the molecule is CCCOCCC(=O)NCC(C)CCN. The number of carbonyl (C=O) groups is 1. The van der Waals surface area contributed by atoms with Crippen molar-refractivity contribution in [1.82, 2.24) is 5.32 Å². The molecular formula is C11H24N2O2. The van der Waals surface area contributed by atoms with Gasteiger partial charge in [-0.05, 0) is 25.3 Å². The van der Waals surface area contributed by atoms with E-state index in [0.717, 1.165) is 19.4 Å². The normalized spacial score (nSPS) is 12.5. The summed E-state index contributed by atoms with van der Waals surface area (Å²) in [7, 11) is 0. The van der Waals surface area contributed by atoms with E-state index in [1.807, 2.05) is 0 Å². The Labute approximate surface area is 92.6 Å². The van der Waals surface area contributed by atoms with Gasteiger partial charge in [-0.1, -0.05) is 13.8 Å². The van der Waals surface area contributed by atoms with E-state index < -0.39 is 0 Å². The van der Waals surface area contributed by atoms with Crippen LogP contribution in [0.2, 0.25) is 0 Å². The van der Waals surface area contributed by atoms with Crippen LogP contribution in [-0.4, -0.2) is 32.2 Å². The van der Waals surface area contributed by atoms with Crippen LogP contribution in [0.3, 0.4) is 0 Å². The van der Waals surface area contributed by atoms with E-state index in [0.29, 0.717) is 32.0 Å². The maximum atomic E-state index is 11.3. The third-order valence-corrected chi connectivity index (χ3v) is 2.13. The number of hydrogen-bond donors (Lipinski definition) is 2. The lowest BCUT2D eigenvalue weighted by atomic mass is 10.1. The van der Waals surface area contributed by atoms with Crippen LogP contribution in [0.25, 0.3) is 0 Å². The second-order valence-electron chi connectivity index (χ2n) is 3.85. The van der Waals surface area contributed by atoms with Gasteiger partial charge >= 0.3 is 0 Å². The molecule has 0 spiro atoms. The maximum Gasteiger partial charge on any atom is 0.222 e. The highest BCUT2D eigenvalue weighted by molar-refractivity contribution is 5.75. The molecule has 1 unspecified atom stereocenters. The van der Waals surface area contributed by atoms with Crippen LogP contribution in [-0.2, 0) is 9.53 Å². The Morgan fingerprint density at radius 2 is 2.20 bits per heavy atom. The Bertz CT molecular complexity index is 163. The monoisotopic (exact) mass is 216 g/mol. The van der Waals surface area contributed by atoms with Gasteiger partial charge in [0.25, 0.3) is 0 Å². The fourth-order valence-electron chi connectivity index (χ4n) is 1.17. The van der Waals surface area contributed by atoms with E-state index in [9.17, 15) is 4.79 Å². The Morgan fingerprint density at radius 3 is 2.80 bits per heavy atom. The number of rotatable bonds is 9. The number of nitrogens with two attached hydrogens (primary N) is 1. The van der Waals surface area contributed by atoms with Crippen LogP contribution in [0.15, 0.2) is 0 Å². The van der Waals surface area contributed by atoms with Crippen molar-refractivity contribution in [2.75, 3.05) is 26.3 Å². The summed E-state index contributed by atoms with van der Waals surface area (Å²) in [6, 6.07) is 0. The van der Waals surface area contributed by atoms with Gasteiger partial charge in [0.2, 0.25) is 5.91 Å². The number of carbonyl (C=O) groups excluding carboxylic acids is 1. The van der Waals surface area contributed by atoms with Crippen molar-refractivity contribution >= 4 is 5.91 Å². The average Bonchev–Trinajstić information content (AvgIpc) is 2.22. The van der Waals surface area contributed by atoms with Crippen molar-refractivity contribution in [3.63, 3.8) is 0 Å². The van der Waals surface area contributed by atoms with Gasteiger partial charge in [0.05, 0.1) is 6.61 Å². The molecule has 4 heteroatoms. The Balaban J connectivity index is 3.32. The van der Waals surface area contributed by atoms with Gasteiger partial charge in [-0.25, -0.2) is 0 Å². The molecule has 0 aliphatic heterocycles. The maximum absolute atomic E-state index is 11.3.